The van der Waals surface area contributed by atoms with Crippen LogP contribution in [0.15, 0.2) is 30.3 Å². The second kappa shape index (κ2) is 5.49. The van der Waals surface area contributed by atoms with Gasteiger partial charge < -0.3 is 14.6 Å². The Morgan fingerprint density at radius 3 is 2.95 bits per heavy atom. The van der Waals surface area contributed by atoms with Crippen molar-refractivity contribution in [3.63, 3.8) is 0 Å². The molecule has 19 heavy (non-hydrogen) atoms. The predicted molar refractivity (Wildman–Crippen MR) is 72.3 cm³/mol. The van der Waals surface area contributed by atoms with E-state index in [1.807, 2.05) is 30.3 Å². The molecule has 2 heterocycles. The number of β-amino-alcohol motifs (C(OH)–C–C–N with tert-alkyl or cyclic N) is 1. The molecule has 2 aliphatic heterocycles. The van der Waals surface area contributed by atoms with Crippen molar-refractivity contribution in [3.8, 4) is 5.75 Å². The van der Waals surface area contributed by atoms with E-state index in [1.165, 1.54) is 0 Å². The Labute approximate surface area is 113 Å². The lowest BCUT2D eigenvalue weighted by molar-refractivity contribution is -0.0593. The SMILES string of the molecule is O[C@H]1CN(CCOc2ccccc2)C[C@@]12CCCO2. The highest BCUT2D eigenvalue weighted by atomic mass is 16.5. The summed E-state index contributed by atoms with van der Waals surface area (Å²) in [4.78, 5) is 2.24. The number of ether oxygens (including phenoxy) is 2. The Hall–Kier alpha value is -1.10. The van der Waals surface area contributed by atoms with Gasteiger partial charge in [-0.1, -0.05) is 18.2 Å². The molecule has 4 nitrogen and oxygen atoms in total. The van der Waals surface area contributed by atoms with Gasteiger partial charge in [-0.15, -0.1) is 0 Å². The number of benzene rings is 1. The minimum Gasteiger partial charge on any atom is -0.492 e. The fourth-order valence-electron chi connectivity index (χ4n) is 3.05. The van der Waals surface area contributed by atoms with Gasteiger partial charge in [-0.05, 0) is 25.0 Å². The number of hydrogen-bond acceptors (Lipinski definition) is 4. The van der Waals surface area contributed by atoms with Crippen LogP contribution in [-0.4, -0.2) is 54.6 Å². The summed E-state index contributed by atoms with van der Waals surface area (Å²) in [6, 6.07) is 9.83. The van der Waals surface area contributed by atoms with E-state index in [0.29, 0.717) is 13.2 Å². The molecule has 1 aromatic carbocycles. The molecule has 4 heteroatoms. The highest BCUT2D eigenvalue weighted by Crippen LogP contribution is 2.34. The largest absolute Gasteiger partial charge is 0.492 e. The number of aliphatic hydroxyl groups excluding tert-OH is 1. The average Bonchev–Trinajstić information content (AvgIpc) is 3.00. The van der Waals surface area contributed by atoms with E-state index in [0.717, 1.165) is 38.3 Å². The summed E-state index contributed by atoms with van der Waals surface area (Å²) in [6.07, 6.45) is 1.68. The Kier molecular flexibility index (Phi) is 3.73. The first-order chi connectivity index (χ1) is 9.28. The first-order valence-electron chi connectivity index (χ1n) is 7.01. The van der Waals surface area contributed by atoms with E-state index in [2.05, 4.69) is 4.90 Å². The van der Waals surface area contributed by atoms with Crippen molar-refractivity contribution in [1.82, 2.24) is 4.90 Å². The van der Waals surface area contributed by atoms with Crippen molar-refractivity contribution < 1.29 is 14.6 Å². The zero-order chi connectivity index (χ0) is 13.1. The van der Waals surface area contributed by atoms with Crippen molar-refractivity contribution in [2.75, 3.05) is 32.8 Å². The van der Waals surface area contributed by atoms with Crippen molar-refractivity contribution in [2.45, 2.75) is 24.5 Å². The van der Waals surface area contributed by atoms with E-state index in [4.69, 9.17) is 9.47 Å². The molecule has 1 N–H and O–H groups in total. The number of aliphatic hydroxyl groups is 1. The van der Waals surface area contributed by atoms with Gasteiger partial charge in [0.05, 0.1) is 6.10 Å². The topological polar surface area (TPSA) is 41.9 Å². The number of rotatable bonds is 4. The van der Waals surface area contributed by atoms with Gasteiger partial charge in [0.2, 0.25) is 0 Å². The number of likely N-dealkylation sites (tertiary alicyclic amines) is 1. The van der Waals surface area contributed by atoms with Crippen molar-refractivity contribution >= 4 is 0 Å². The molecule has 1 spiro atoms. The Balaban J connectivity index is 1.47. The minimum atomic E-state index is -0.355. The third-order valence-corrected chi connectivity index (χ3v) is 4.08. The van der Waals surface area contributed by atoms with Crippen LogP contribution in [0.1, 0.15) is 12.8 Å². The van der Waals surface area contributed by atoms with Crippen LogP contribution in [0, 0.1) is 0 Å². The van der Waals surface area contributed by atoms with Gasteiger partial charge in [-0.2, -0.15) is 0 Å². The van der Waals surface area contributed by atoms with E-state index < -0.39 is 0 Å². The van der Waals surface area contributed by atoms with E-state index in [9.17, 15) is 5.11 Å². The normalized spacial score (nSPS) is 31.1. The maximum Gasteiger partial charge on any atom is 0.119 e. The summed E-state index contributed by atoms with van der Waals surface area (Å²) in [5.74, 6) is 0.897. The standard InChI is InChI=1S/C15H21NO3/c17-14-11-16(12-15(14)7-4-9-19-15)8-10-18-13-5-2-1-3-6-13/h1-3,5-6,14,17H,4,7-12H2/t14-,15-/m0/s1. The monoisotopic (exact) mass is 263 g/mol. The number of para-hydroxylation sites is 1. The molecule has 2 aliphatic rings. The van der Waals surface area contributed by atoms with Crippen LogP contribution in [0.3, 0.4) is 0 Å². The van der Waals surface area contributed by atoms with Gasteiger partial charge in [0.15, 0.2) is 0 Å². The third-order valence-electron chi connectivity index (χ3n) is 4.08. The van der Waals surface area contributed by atoms with E-state index in [-0.39, 0.29) is 11.7 Å². The Morgan fingerprint density at radius 1 is 1.37 bits per heavy atom. The van der Waals surface area contributed by atoms with Crippen LogP contribution in [0.2, 0.25) is 0 Å². The molecule has 2 saturated heterocycles. The summed E-state index contributed by atoms with van der Waals surface area (Å²) in [5, 5.41) is 10.2. The molecule has 2 fully saturated rings. The Bertz CT molecular complexity index is 403. The molecular weight excluding hydrogens is 242 g/mol. The molecule has 0 amide bonds. The molecule has 0 aromatic heterocycles. The van der Waals surface area contributed by atoms with Crippen LogP contribution >= 0.6 is 0 Å². The maximum atomic E-state index is 10.2. The minimum absolute atomic E-state index is 0.299. The fourth-order valence-corrected chi connectivity index (χ4v) is 3.05. The van der Waals surface area contributed by atoms with Crippen LogP contribution in [0.4, 0.5) is 0 Å². The van der Waals surface area contributed by atoms with Gasteiger partial charge in [0, 0.05) is 26.2 Å². The highest BCUT2D eigenvalue weighted by Gasteiger charge is 2.48. The van der Waals surface area contributed by atoms with Gasteiger partial charge in [0.1, 0.15) is 18.0 Å². The molecule has 2 atom stereocenters. The molecule has 0 bridgehead atoms. The van der Waals surface area contributed by atoms with Crippen molar-refractivity contribution in [3.05, 3.63) is 30.3 Å². The van der Waals surface area contributed by atoms with Crippen LogP contribution < -0.4 is 4.74 Å². The van der Waals surface area contributed by atoms with E-state index in [1.54, 1.807) is 0 Å². The summed E-state index contributed by atoms with van der Waals surface area (Å²) in [7, 11) is 0. The van der Waals surface area contributed by atoms with E-state index >= 15 is 0 Å². The van der Waals surface area contributed by atoms with Crippen LogP contribution in [0.5, 0.6) is 5.75 Å². The molecular formula is C15H21NO3. The highest BCUT2D eigenvalue weighted by molar-refractivity contribution is 5.20. The molecule has 104 valence electrons. The maximum absolute atomic E-state index is 10.2. The first-order valence-corrected chi connectivity index (χ1v) is 7.01. The molecule has 0 aliphatic carbocycles. The smallest absolute Gasteiger partial charge is 0.119 e. The molecule has 1 aromatic rings. The summed E-state index contributed by atoms with van der Waals surface area (Å²) in [5.41, 5.74) is -0.299. The predicted octanol–water partition coefficient (Wildman–Crippen LogP) is 1.29. The molecule has 0 unspecified atom stereocenters. The summed E-state index contributed by atoms with van der Waals surface area (Å²) in [6.45, 7) is 3.78. The second-order valence-electron chi connectivity index (χ2n) is 5.43. The van der Waals surface area contributed by atoms with Gasteiger partial charge in [0.25, 0.3) is 0 Å². The van der Waals surface area contributed by atoms with Gasteiger partial charge >= 0.3 is 0 Å². The molecule has 0 radical (unpaired) electrons. The lowest BCUT2D eigenvalue weighted by atomic mass is 9.97. The number of nitrogens with zero attached hydrogens (tertiary/aromatic N) is 1. The third kappa shape index (κ3) is 2.76. The lowest BCUT2D eigenvalue weighted by Crippen LogP contribution is -2.40. The lowest BCUT2D eigenvalue weighted by Gasteiger charge is -2.25. The quantitative estimate of drug-likeness (QED) is 0.889. The zero-order valence-electron chi connectivity index (χ0n) is 11.1. The Morgan fingerprint density at radius 2 is 2.21 bits per heavy atom. The summed E-state index contributed by atoms with van der Waals surface area (Å²) >= 11 is 0. The van der Waals surface area contributed by atoms with Crippen molar-refractivity contribution in [1.29, 1.82) is 0 Å². The second-order valence-corrected chi connectivity index (χ2v) is 5.43. The molecule has 0 saturated carbocycles. The average molecular weight is 263 g/mol. The number of hydrogen-bond donors (Lipinski definition) is 1. The summed E-state index contributed by atoms with van der Waals surface area (Å²) < 4.78 is 11.5. The first kappa shape index (κ1) is 12.9. The van der Waals surface area contributed by atoms with Crippen LogP contribution in [-0.2, 0) is 4.74 Å². The molecule has 3 rings (SSSR count). The zero-order valence-corrected chi connectivity index (χ0v) is 11.1. The fraction of sp³-hybridized carbons (Fsp3) is 0.600. The van der Waals surface area contributed by atoms with Gasteiger partial charge in [-0.25, -0.2) is 0 Å². The van der Waals surface area contributed by atoms with Gasteiger partial charge in [-0.3, -0.25) is 4.90 Å². The van der Waals surface area contributed by atoms with Crippen LogP contribution in [0.25, 0.3) is 0 Å². The van der Waals surface area contributed by atoms with Crippen molar-refractivity contribution in [2.24, 2.45) is 0 Å².